The molecule has 8 heteroatoms. The molecule has 2 heterocycles. The Balaban J connectivity index is 1.62. The van der Waals surface area contributed by atoms with Gasteiger partial charge in [0.1, 0.15) is 11.6 Å². The number of para-hydroxylation sites is 1. The Morgan fingerprint density at radius 1 is 1.11 bits per heavy atom. The Morgan fingerprint density at radius 3 is 2.57 bits per heavy atom. The molecule has 0 unspecified atom stereocenters. The maximum absolute atomic E-state index is 13.0. The number of carbonyl (C=O) groups is 1. The number of alkyl halides is 2. The number of ether oxygens (including phenoxy) is 1. The van der Waals surface area contributed by atoms with Gasteiger partial charge < -0.3 is 9.64 Å². The topological polar surface area (TPSA) is 60.2 Å². The van der Waals surface area contributed by atoms with E-state index in [2.05, 4.69) is 14.8 Å². The lowest BCUT2D eigenvalue weighted by molar-refractivity contribution is -0.0503. The average Bonchev–Trinajstić information content (AvgIpc) is 3.14. The molecule has 6 nitrogen and oxygen atoms in total. The summed E-state index contributed by atoms with van der Waals surface area (Å²) in [6.45, 7) is -0.274. The van der Waals surface area contributed by atoms with Crippen molar-refractivity contribution in [2.24, 2.45) is 0 Å². The van der Waals surface area contributed by atoms with Crippen LogP contribution in [-0.4, -0.2) is 38.7 Å². The van der Waals surface area contributed by atoms with Crippen LogP contribution < -0.4 is 4.74 Å². The number of aromatic nitrogens is 3. The summed E-state index contributed by atoms with van der Waals surface area (Å²) in [6.07, 6.45) is 0. The molecular weight excluding hydrogens is 366 g/mol. The van der Waals surface area contributed by atoms with E-state index >= 15 is 0 Å². The van der Waals surface area contributed by atoms with Crippen molar-refractivity contribution in [2.45, 2.75) is 26.1 Å². The lowest BCUT2D eigenvalue weighted by atomic mass is 10.1. The molecule has 0 radical (unpaired) electrons. The number of nitrogens with zero attached hydrogens (tertiary/aromatic N) is 4. The zero-order valence-electron chi connectivity index (χ0n) is 15.1. The number of halogens is 2. The monoisotopic (exact) mass is 384 g/mol. The number of fused-ring (bicyclic) bond motifs is 1. The molecule has 2 aromatic carbocycles. The van der Waals surface area contributed by atoms with Crippen LogP contribution in [0.4, 0.5) is 8.78 Å². The van der Waals surface area contributed by atoms with Gasteiger partial charge in [-0.1, -0.05) is 42.5 Å². The number of carbonyl (C=O) groups excluding carboxylic acids is 1. The van der Waals surface area contributed by atoms with Gasteiger partial charge in [-0.2, -0.15) is 13.9 Å². The van der Waals surface area contributed by atoms with Gasteiger partial charge in [0.2, 0.25) is 0 Å². The van der Waals surface area contributed by atoms with Gasteiger partial charge in [-0.15, -0.1) is 0 Å². The van der Waals surface area contributed by atoms with Crippen molar-refractivity contribution in [3.05, 3.63) is 66.0 Å². The molecule has 4 rings (SSSR count). The second-order valence-corrected chi connectivity index (χ2v) is 6.43. The maximum Gasteiger partial charge on any atom is 0.387 e. The van der Waals surface area contributed by atoms with Gasteiger partial charge in [0.15, 0.2) is 5.82 Å². The molecule has 1 amide bonds. The summed E-state index contributed by atoms with van der Waals surface area (Å²) in [5.41, 5.74) is 0.996. The van der Waals surface area contributed by atoms with Crippen molar-refractivity contribution in [1.29, 1.82) is 0 Å². The minimum atomic E-state index is -3.00. The molecule has 1 aromatic heterocycles. The van der Waals surface area contributed by atoms with Crippen LogP contribution in [0.1, 0.15) is 29.1 Å². The summed E-state index contributed by atoms with van der Waals surface area (Å²) in [5.74, 6) is 0.745. The summed E-state index contributed by atoms with van der Waals surface area (Å²) in [5, 5.41) is 4.54. The molecule has 0 fully saturated rings. The van der Waals surface area contributed by atoms with Crippen molar-refractivity contribution in [3.63, 3.8) is 0 Å². The molecule has 28 heavy (non-hydrogen) atoms. The van der Waals surface area contributed by atoms with Gasteiger partial charge in [0.05, 0.1) is 18.2 Å². The van der Waals surface area contributed by atoms with E-state index in [1.165, 1.54) is 12.1 Å². The number of hydrogen-bond acceptors (Lipinski definition) is 4. The summed E-state index contributed by atoms with van der Waals surface area (Å²) in [4.78, 5) is 19.3. The van der Waals surface area contributed by atoms with Crippen molar-refractivity contribution in [1.82, 2.24) is 19.7 Å². The second kappa shape index (κ2) is 7.38. The van der Waals surface area contributed by atoms with Crippen LogP contribution in [0, 0.1) is 0 Å². The Hall–Kier alpha value is -3.29. The Labute approximate surface area is 160 Å². The first-order valence-electron chi connectivity index (χ1n) is 8.89. The highest BCUT2D eigenvalue weighted by molar-refractivity contribution is 5.97. The molecule has 0 spiro atoms. The van der Waals surface area contributed by atoms with Crippen LogP contribution in [0.2, 0.25) is 0 Å². The fraction of sp³-hybridized carbons (Fsp3) is 0.250. The minimum absolute atomic E-state index is 0.103. The highest BCUT2D eigenvalue weighted by Crippen LogP contribution is 2.30. The number of amides is 1. The predicted octanol–water partition coefficient (Wildman–Crippen LogP) is 3.76. The van der Waals surface area contributed by atoms with Gasteiger partial charge in [-0.25, -0.2) is 9.67 Å². The normalized spacial score (nSPS) is 16.1. The first kappa shape index (κ1) is 18.1. The molecular formula is C20H18F2N4O2. The van der Waals surface area contributed by atoms with E-state index in [0.29, 0.717) is 24.7 Å². The third-order valence-electron chi connectivity index (χ3n) is 4.72. The standard InChI is InChI=1S/C20H18F2N4O2/c1-13-18-23-17(14-7-3-2-4-8-14)24-26(18)12-11-25(13)19(27)15-9-5-6-10-16(15)28-20(21)22/h2-10,13,20H,11-12H2,1H3/t13-/m0/s1. The van der Waals surface area contributed by atoms with Gasteiger partial charge >= 0.3 is 6.61 Å². The lowest BCUT2D eigenvalue weighted by Gasteiger charge is -2.33. The second-order valence-electron chi connectivity index (χ2n) is 6.43. The molecule has 144 valence electrons. The van der Waals surface area contributed by atoms with E-state index in [9.17, 15) is 13.6 Å². The maximum atomic E-state index is 13.0. The Kier molecular flexibility index (Phi) is 4.77. The van der Waals surface area contributed by atoms with E-state index in [0.717, 1.165) is 5.56 Å². The van der Waals surface area contributed by atoms with E-state index < -0.39 is 6.61 Å². The largest absolute Gasteiger partial charge is 0.434 e. The van der Waals surface area contributed by atoms with Crippen molar-refractivity contribution < 1.29 is 18.3 Å². The highest BCUT2D eigenvalue weighted by Gasteiger charge is 2.32. The molecule has 0 aliphatic carbocycles. The van der Waals surface area contributed by atoms with E-state index in [1.807, 2.05) is 37.3 Å². The zero-order chi connectivity index (χ0) is 19.7. The third kappa shape index (κ3) is 3.33. The van der Waals surface area contributed by atoms with Gasteiger partial charge in [0, 0.05) is 12.1 Å². The molecule has 0 saturated carbocycles. The molecule has 0 bridgehead atoms. The molecule has 1 aliphatic heterocycles. The molecule has 3 aromatic rings. The molecule has 1 atom stereocenters. The van der Waals surface area contributed by atoms with Crippen LogP contribution in [0.15, 0.2) is 54.6 Å². The summed E-state index contributed by atoms with van der Waals surface area (Å²) in [6, 6.07) is 15.3. The quantitative estimate of drug-likeness (QED) is 0.687. The lowest BCUT2D eigenvalue weighted by Crippen LogP contribution is -2.41. The third-order valence-corrected chi connectivity index (χ3v) is 4.72. The average molecular weight is 384 g/mol. The minimum Gasteiger partial charge on any atom is -0.434 e. The predicted molar refractivity (Wildman–Crippen MR) is 98.0 cm³/mol. The van der Waals surface area contributed by atoms with Crippen molar-refractivity contribution in [3.8, 4) is 17.1 Å². The smallest absolute Gasteiger partial charge is 0.387 e. The number of hydrogen-bond donors (Lipinski definition) is 0. The van der Waals surface area contributed by atoms with Crippen LogP contribution in [0.5, 0.6) is 5.75 Å². The van der Waals surface area contributed by atoms with Crippen molar-refractivity contribution >= 4 is 5.91 Å². The zero-order valence-corrected chi connectivity index (χ0v) is 15.1. The van der Waals surface area contributed by atoms with Crippen LogP contribution in [-0.2, 0) is 6.54 Å². The summed E-state index contributed by atoms with van der Waals surface area (Å²) >= 11 is 0. The number of rotatable bonds is 4. The first-order chi connectivity index (χ1) is 13.5. The molecule has 0 saturated heterocycles. The Bertz CT molecular complexity index is 991. The fourth-order valence-electron chi connectivity index (χ4n) is 3.35. The van der Waals surface area contributed by atoms with E-state index in [4.69, 9.17) is 0 Å². The first-order valence-corrected chi connectivity index (χ1v) is 8.89. The van der Waals surface area contributed by atoms with Gasteiger partial charge in [-0.05, 0) is 19.1 Å². The molecule has 1 aliphatic rings. The van der Waals surface area contributed by atoms with Crippen LogP contribution in [0.25, 0.3) is 11.4 Å². The van der Waals surface area contributed by atoms with Gasteiger partial charge in [-0.3, -0.25) is 4.79 Å². The van der Waals surface area contributed by atoms with Crippen molar-refractivity contribution in [2.75, 3.05) is 6.54 Å². The fourth-order valence-corrected chi connectivity index (χ4v) is 3.35. The van der Waals surface area contributed by atoms with Crippen LogP contribution >= 0.6 is 0 Å². The molecule has 0 N–H and O–H groups in total. The SMILES string of the molecule is C[C@H]1c2nc(-c3ccccc3)nn2CCN1C(=O)c1ccccc1OC(F)F. The summed E-state index contributed by atoms with van der Waals surface area (Å²) < 4.78 is 31.7. The van der Waals surface area contributed by atoms with Gasteiger partial charge in [0.25, 0.3) is 5.91 Å². The summed E-state index contributed by atoms with van der Waals surface area (Å²) in [7, 11) is 0. The Morgan fingerprint density at radius 2 is 1.82 bits per heavy atom. The van der Waals surface area contributed by atoms with E-state index in [1.54, 1.807) is 21.7 Å². The van der Waals surface area contributed by atoms with E-state index in [-0.39, 0.29) is 23.3 Å². The number of benzene rings is 2. The highest BCUT2D eigenvalue weighted by atomic mass is 19.3. The van der Waals surface area contributed by atoms with Crippen LogP contribution in [0.3, 0.4) is 0 Å².